The highest BCUT2D eigenvalue weighted by atomic mass is 35.5. The van der Waals surface area contributed by atoms with Crippen molar-refractivity contribution in [3.63, 3.8) is 0 Å². The van der Waals surface area contributed by atoms with Crippen molar-refractivity contribution in [1.82, 2.24) is 4.90 Å². The SMILES string of the molecule is COC(=O)N(CCCl)C(=O)c1ccccc1. The molecule has 0 saturated carbocycles. The minimum Gasteiger partial charge on any atom is -0.452 e. The molecule has 0 spiro atoms. The number of rotatable bonds is 3. The van der Waals surface area contributed by atoms with Gasteiger partial charge < -0.3 is 4.74 Å². The first-order valence-electron chi connectivity index (χ1n) is 4.71. The summed E-state index contributed by atoms with van der Waals surface area (Å²) in [6.07, 6.45) is -0.700. The maximum atomic E-state index is 11.9. The van der Waals surface area contributed by atoms with Crippen LogP contribution in [0, 0.1) is 0 Å². The Morgan fingerprint density at radius 1 is 1.31 bits per heavy atom. The number of hydrogen-bond acceptors (Lipinski definition) is 3. The molecule has 86 valence electrons. The quantitative estimate of drug-likeness (QED) is 0.762. The normalized spacial score (nSPS) is 9.62. The highest BCUT2D eigenvalue weighted by Gasteiger charge is 2.22. The second-order valence-electron chi connectivity index (χ2n) is 2.98. The first kappa shape index (κ1) is 12.5. The van der Waals surface area contributed by atoms with Crippen LogP contribution in [0.5, 0.6) is 0 Å². The molecule has 5 heteroatoms. The summed E-state index contributed by atoms with van der Waals surface area (Å²) in [6, 6.07) is 8.51. The maximum Gasteiger partial charge on any atom is 0.416 e. The molecule has 0 atom stereocenters. The van der Waals surface area contributed by atoms with Gasteiger partial charge in [-0.2, -0.15) is 0 Å². The molecule has 1 rings (SSSR count). The van der Waals surface area contributed by atoms with E-state index in [1.165, 1.54) is 7.11 Å². The summed E-state index contributed by atoms with van der Waals surface area (Å²) in [5.74, 6) is -0.235. The number of carbonyl (C=O) groups is 2. The van der Waals surface area contributed by atoms with Gasteiger partial charge >= 0.3 is 6.09 Å². The van der Waals surface area contributed by atoms with E-state index in [1.807, 2.05) is 0 Å². The lowest BCUT2D eigenvalue weighted by molar-refractivity contribution is 0.0718. The maximum absolute atomic E-state index is 11.9. The van der Waals surface area contributed by atoms with E-state index < -0.39 is 12.0 Å². The molecule has 0 radical (unpaired) electrons. The van der Waals surface area contributed by atoms with Gasteiger partial charge in [-0.25, -0.2) is 9.69 Å². The number of carbonyl (C=O) groups excluding carboxylic acids is 2. The molecule has 2 amide bonds. The third-order valence-electron chi connectivity index (χ3n) is 1.97. The monoisotopic (exact) mass is 241 g/mol. The topological polar surface area (TPSA) is 46.6 Å². The number of hydrogen-bond donors (Lipinski definition) is 0. The standard InChI is InChI=1S/C11H12ClNO3/c1-16-11(15)13(8-7-12)10(14)9-5-3-2-4-6-9/h2-6H,7-8H2,1H3. The van der Waals surface area contributed by atoms with E-state index in [0.717, 1.165) is 4.90 Å². The molecule has 0 N–H and O–H groups in total. The summed E-state index contributed by atoms with van der Waals surface area (Å²) >= 11 is 5.53. The van der Waals surface area contributed by atoms with E-state index in [0.29, 0.717) is 5.56 Å². The molecule has 1 aromatic carbocycles. The van der Waals surface area contributed by atoms with Crippen molar-refractivity contribution < 1.29 is 14.3 Å². The summed E-state index contributed by atoms with van der Waals surface area (Å²) in [4.78, 5) is 24.2. The van der Waals surface area contributed by atoms with Crippen molar-refractivity contribution in [1.29, 1.82) is 0 Å². The van der Waals surface area contributed by atoms with Gasteiger partial charge in [0.05, 0.1) is 7.11 Å². The van der Waals surface area contributed by atoms with Crippen LogP contribution in [0.4, 0.5) is 4.79 Å². The predicted octanol–water partition coefficient (Wildman–Crippen LogP) is 2.13. The molecule has 16 heavy (non-hydrogen) atoms. The summed E-state index contributed by atoms with van der Waals surface area (Å²) in [5.41, 5.74) is 0.429. The van der Waals surface area contributed by atoms with Crippen molar-refractivity contribution in [2.24, 2.45) is 0 Å². The third-order valence-corrected chi connectivity index (χ3v) is 2.14. The lowest BCUT2D eigenvalue weighted by atomic mass is 10.2. The van der Waals surface area contributed by atoms with Crippen LogP contribution in [0.15, 0.2) is 30.3 Å². The van der Waals surface area contributed by atoms with Crippen LogP contribution in [-0.2, 0) is 4.74 Å². The fourth-order valence-electron chi connectivity index (χ4n) is 1.21. The summed E-state index contributed by atoms with van der Waals surface area (Å²) in [6.45, 7) is 0.127. The van der Waals surface area contributed by atoms with Gasteiger partial charge in [0.2, 0.25) is 0 Å². The molecule has 0 aliphatic carbocycles. The molecule has 0 aromatic heterocycles. The molecule has 1 aromatic rings. The van der Waals surface area contributed by atoms with Crippen molar-refractivity contribution in [3.8, 4) is 0 Å². The van der Waals surface area contributed by atoms with Gasteiger partial charge in [-0.15, -0.1) is 11.6 Å². The number of amides is 2. The minimum absolute atomic E-state index is 0.127. The zero-order chi connectivity index (χ0) is 12.0. The Kier molecular flexibility index (Phi) is 4.79. The molecule has 4 nitrogen and oxygen atoms in total. The molecule has 0 unspecified atom stereocenters. The molecular weight excluding hydrogens is 230 g/mol. The van der Waals surface area contributed by atoms with Crippen LogP contribution >= 0.6 is 11.6 Å². The van der Waals surface area contributed by atoms with Crippen molar-refractivity contribution in [2.45, 2.75) is 0 Å². The Balaban J connectivity index is 2.87. The van der Waals surface area contributed by atoms with Gasteiger partial charge in [0, 0.05) is 18.0 Å². The van der Waals surface area contributed by atoms with E-state index in [2.05, 4.69) is 4.74 Å². The molecule has 0 aliphatic heterocycles. The van der Waals surface area contributed by atoms with Crippen LogP contribution in [0.2, 0.25) is 0 Å². The smallest absolute Gasteiger partial charge is 0.416 e. The highest BCUT2D eigenvalue weighted by molar-refractivity contribution is 6.18. The van der Waals surface area contributed by atoms with E-state index in [4.69, 9.17) is 11.6 Å². The molecule has 0 bridgehead atoms. The number of nitrogens with zero attached hydrogens (tertiary/aromatic N) is 1. The van der Waals surface area contributed by atoms with Crippen molar-refractivity contribution in [3.05, 3.63) is 35.9 Å². The Labute approximate surface area is 98.8 Å². The van der Waals surface area contributed by atoms with Gasteiger partial charge in [0.1, 0.15) is 0 Å². The van der Waals surface area contributed by atoms with Crippen molar-refractivity contribution in [2.75, 3.05) is 19.5 Å². The van der Waals surface area contributed by atoms with Gasteiger partial charge in [-0.1, -0.05) is 18.2 Å². The average molecular weight is 242 g/mol. The Bertz CT molecular complexity index is 367. The zero-order valence-electron chi connectivity index (χ0n) is 8.85. The molecule has 0 heterocycles. The zero-order valence-corrected chi connectivity index (χ0v) is 9.61. The van der Waals surface area contributed by atoms with E-state index in [9.17, 15) is 9.59 Å². The van der Waals surface area contributed by atoms with Gasteiger partial charge in [0.15, 0.2) is 0 Å². The van der Waals surface area contributed by atoms with Crippen LogP contribution in [0.3, 0.4) is 0 Å². The number of methoxy groups -OCH3 is 1. The number of halogens is 1. The van der Waals surface area contributed by atoms with E-state index in [1.54, 1.807) is 30.3 Å². The summed E-state index contributed by atoms with van der Waals surface area (Å²) in [7, 11) is 1.22. The highest BCUT2D eigenvalue weighted by Crippen LogP contribution is 2.06. The van der Waals surface area contributed by atoms with E-state index >= 15 is 0 Å². The summed E-state index contributed by atoms with van der Waals surface area (Å²) < 4.78 is 4.52. The van der Waals surface area contributed by atoms with Crippen molar-refractivity contribution >= 4 is 23.6 Å². The second kappa shape index (κ2) is 6.12. The second-order valence-corrected chi connectivity index (χ2v) is 3.36. The van der Waals surface area contributed by atoms with Crippen LogP contribution in [0.25, 0.3) is 0 Å². The van der Waals surface area contributed by atoms with Crippen LogP contribution < -0.4 is 0 Å². The Morgan fingerprint density at radius 3 is 2.44 bits per heavy atom. The van der Waals surface area contributed by atoms with Gasteiger partial charge in [0.25, 0.3) is 5.91 Å². The fraction of sp³-hybridized carbons (Fsp3) is 0.273. The third kappa shape index (κ3) is 2.97. The Hall–Kier alpha value is -1.55. The fourth-order valence-corrected chi connectivity index (χ4v) is 1.38. The molecular formula is C11H12ClNO3. The number of benzene rings is 1. The first-order chi connectivity index (χ1) is 7.70. The number of imide groups is 1. The van der Waals surface area contributed by atoms with E-state index in [-0.39, 0.29) is 12.4 Å². The number of alkyl halides is 1. The van der Waals surface area contributed by atoms with Crippen LogP contribution in [0.1, 0.15) is 10.4 Å². The van der Waals surface area contributed by atoms with Crippen LogP contribution in [-0.4, -0.2) is 36.4 Å². The summed E-state index contributed by atoms with van der Waals surface area (Å²) in [5, 5.41) is 0. The molecule has 0 fully saturated rings. The lowest BCUT2D eigenvalue weighted by Gasteiger charge is -2.17. The predicted molar refractivity (Wildman–Crippen MR) is 60.6 cm³/mol. The minimum atomic E-state index is -0.700. The largest absolute Gasteiger partial charge is 0.452 e. The molecule has 0 aliphatic rings. The number of ether oxygens (including phenoxy) is 1. The Morgan fingerprint density at radius 2 is 1.94 bits per heavy atom. The average Bonchev–Trinajstić information content (AvgIpc) is 2.35. The molecule has 0 saturated heterocycles. The first-order valence-corrected chi connectivity index (χ1v) is 5.25. The lowest BCUT2D eigenvalue weighted by Crippen LogP contribution is -2.38. The van der Waals surface area contributed by atoms with Gasteiger partial charge in [-0.3, -0.25) is 4.79 Å². The van der Waals surface area contributed by atoms with Gasteiger partial charge in [-0.05, 0) is 12.1 Å².